The first-order chi connectivity index (χ1) is 20.0. The maximum atomic E-state index is 12.0. The fourth-order valence-electron chi connectivity index (χ4n) is 3.97. The van der Waals surface area contributed by atoms with Gasteiger partial charge in [-0.15, -0.1) is 0 Å². The molecule has 4 rings (SSSR count). The van der Waals surface area contributed by atoms with E-state index in [1.165, 1.54) is 4.68 Å². The second-order valence-corrected chi connectivity index (χ2v) is 13.9. The quantitative estimate of drug-likeness (QED) is 0.445. The molecule has 0 atom stereocenters. The maximum Gasteiger partial charge on any atom is 0.410 e. The molecule has 0 unspecified atom stereocenters. The molecule has 2 aromatic rings. The molecule has 2 fully saturated rings. The molecule has 15 heteroatoms. The maximum absolute atomic E-state index is 12.0. The number of rotatable bonds is 3. The number of hydrogen-bond donors (Lipinski definition) is 1. The van der Waals surface area contributed by atoms with Crippen LogP contribution in [0.15, 0.2) is 21.3 Å². The zero-order chi connectivity index (χ0) is 32.4. The summed E-state index contributed by atoms with van der Waals surface area (Å²) < 4.78 is 15.8. The predicted molar refractivity (Wildman–Crippen MR) is 178 cm³/mol. The van der Waals surface area contributed by atoms with Gasteiger partial charge in [-0.1, -0.05) is 7.43 Å². The number of aromatic nitrogens is 4. The van der Waals surface area contributed by atoms with Crippen molar-refractivity contribution in [3.8, 4) is 0 Å². The highest BCUT2D eigenvalue weighted by Gasteiger charge is 2.26. The molecule has 4 heterocycles. The number of halogens is 2. The molecule has 0 radical (unpaired) electrons. The van der Waals surface area contributed by atoms with Crippen LogP contribution in [-0.4, -0.2) is 116 Å². The highest BCUT2D eigenvalue weighted by atomic mass is 79.9. The average Bonchev–Trinajstić information content (AvgIpc) is 3.42. The Morgan fingerprint density at radius 2 is 1.27 bits per heavy atom. The molecule has 1 N–H and O–H groups in total. The molecule has 250 valence electrons. The smallest absolute Gasteiger partial charge is 0.410 e. The lowest BCUT2D eigenvalue weighted by Crippen LogP contribution is -2.49. The standard InChI is InChI=1S/C14H23BrN4O2.C9H18N2O2.C5H5BrN2O.CH4/c1-14(2,3)21-13(20)19-7-5-18(6-8-19)10-12-11(15)9-16-17(12)4;1-9(2,3)13-8(12)11-6-4-10-5-7-11;1-8-5(3-9)4(6)2-7-8;/h9H,5-8,10H2,1-4H3;10H,4-7H2,1-3H3;2-3H,1H3;1H4. The molecule has 0 spiro atoms. The zero-order valence-corrected chi connectivity index (χ0v) is 29.7. The zero-order valence-electron chi connectivity index (χ0n) is 26.5. The Morgan fingerprint density at radius 3 is 1.64 bits per heavy atom. The van der Waals surface area contributed by atoms with Crippen LogP contribution < -0.4 is 5.32 Å². The van der Waals surface area contributed by atoms with Crippen molar-refractivity contribution in [2.45, 2.75) is 66.7 Å². The number of hydrogen-bond acceptors (Lipinski definition) is 9. The summed E-state index contributed by atoms with van der Waals surface area (Å²) in [7, 11) is 3.66. The number of nitrogens with zero attached hydrogens (tertiary/aromatic N) is 7. The van der Waals surface area contributed by atoms with E-state index in [1.807, 2.05) is 59.5 Å². The number of aryl methyl sites for hydroxylation is 2. The highest BCUT2D eigenvalue weighted by Crippen LogP contribution is 2.19. The van der Waals surface area contributed by atoms with Crippen molar-refractivity contribution < 1.29 is 23.9 Å². The Bertz CT molecular complexity index is 1150. The Hall–Kier alpha value is -2.49. The number of carbonyl (C=O) groups excluding carboxylic acids is 3. The van der Waals surface area contributed by atoms with Gasteiger partial charge in [0.25, 0.3) is 0 Å². The van der Waals surface area contributed by atoms with Crippen LogP contribution in [0, 0.1) is 0 Å². The molecule has 2 aliphatic heterocycles. The van der Waals surface area contributed by atoms with Crippen molar-refractivity contribution in [1.82, 2.24) is 39.6 Å². The summed E-state index contributed by atoms with van der Waals surface area (Å²) in [6, 6.07) is 0. The number of amides is 2. The lowest BCUT2D eigenvalue weighted by atomic mass is 10.2. The van der Waals surface area contributed by atoms with Gasteiger partial charge in [-0.05, 0) is 73.4 Å². The van der Waals surface area contributed by atoms with Gasteiger partial charge in [-0.25, -0.2) is 9.59 Å². The van der Waals surface area contributed by atoms with Crippen LogP contribution >= 0.6 is 31.9 Å². The molecule has 2 aromatic heterocycles. The van der Waals surface area contributed by atoms with E-state index in [0.717, 1.165) is 66.7 Å². The minimum atomic E-state index is -0.437. The molecular formula is C29H50Br2N8O5. The predicted octanol–water partition coefficient (Wildman–Crippen LogP) is 4.69. The summed E-state index contributed by atoms with van der Waals surface area (Å²) in [5, 5.41) is 11.2. The molecule has 2 amide bonds. The van der Waals surface area contributed by atoms with Gasteiger partial charge in [0.05, 0.1) is 27.0 Å². The summed E-state index contributed by atoms with van der Waals surface area (Å²) in [6.45, 7) is 18.4. The van der Waals surface area contributed by atoms with Gasteiger partial charge >= 0.3 is 12.2 Å². The summed E-state index contributed by atoms with van der Waals surface area (Å²) in [5.74, 6) is 0. The van der Waals surface area contributed by atoms with E-state index in [0.29, 0.717) is 18.8 Å². The van der Waals surface area contributed by atoms with Crippen LogP contribution in [0.25, 0.3) is 0 Å². The summed E-state index contributed by atoms with van der Waals surface area (Å²) in [6.07, 6.45) is 3.74. The van der Waals surface area contributed by atoms with Crippen molar-refractivity contribution in [1.29, 1.82) is 0 Å². The molecule has 2 aliphatic rings. The van der Waals surface area contributed by atoms with Gasteiger partial charge in [0.1, 0.15) is 16.9 Å². The SMILES string of the molecule is C.CC(C)(C)OC(=O)N1CCNCC1.Cn1ncc(Br)c1C=O.Cn1ncc(Br)c1CN1CCN(C(=O)OC(C)(C)C)CC1. The first-order valence-corrected chi connectivity index (χ1v) is 15.8. The number of ether oxygens (including phenoxy) is 2. The molecule has 0 aliphatic carbocycles. The number of aldehydes is 1. The lowest BCUT2D eigenvalue weighted by molar-refractivity contribution is 0.0136. The van der Waals surface area contributed by atoms with Crippen LogP contribution in [-0.2, 0) is 30.1 Å². The normalized spacial score (nSPS) is 15.6. The van der Waals surface area contributed by atoms with Crippen LogP contribution in [0.3, 0.4) is 0 Å². The third-order valence-corrected chi connectivity index (χ3v) is 7.50. The van der Waals surface area contributed by atoms with E-state index in [-0.39, 0.29) is 25.2 Å². The molecule has 44 heavy (non-hydrogen) atoms. The first kappa shape index (κ1) is 39.5. The van der Waals surface area contributed by atoms with E-state index < -0.39 is 5.60 Å². The minimum Gasteiger partial charge on any atom is -0.444 e. The topological polar surface area (TPSA) is 127 Å². The second kappa shape index (κ2) is 17.9. The molecule has 13 nitrogen and oxygen atoms in total. The molecule has 0 bridgehead atoms. The van der Waals surface area contributed by atoms with E-state index in [1.54, 1.807) is 23.0 Å². The van der Waals surface area contributed by atoms with Crippen molar-refractivity contribution in [2.24, 2.45) is 14.1 Å². The van der Waals surface area contributed by atoms with E-state index >= 15 is 0 Å². The largest absolute Gasteiger partial charge is 0.444 e. The first-order valence-electron chi connectivity index (χ1n) is 14.2. The van der Waals surface area contributed by atoms with Crippen LogP contribution in [0.2, 0.25) is 0 Å². The molecule has 0 saturated carbocycles. The van der Waals surface area contributed by atoms with Gasteiger partial charge < -0.3 is 24.6 Å². The van der Waals surface area contributed by atoms with E-state index in [9.17, 15) is 14.4 Å². The van der Waals surface area contributed by atoms with Crippen LogP contribution in [0.1, 0.15) is 65.2 Å². The van der Waals surface area contributed by atoms with Gasteiger partial charge in [0, 0.05) is 73.0 Å². The monoisotopic (exact) mass is 748 g/mol. The molecule has 0 aromatic carbocycles. The Kier molecular flexibility index (Phi) is 16.0. The number of carbonyl (C=O) groups is 3. The number of piperazine rings is 2. The Labute approximate surface area is 278 Å². The van der Waals surface area contributed by atoms with Crippen molar-refractivity contribution in [3.63, 3.8) is 0 Å². The fraction of sp³-hybridized carbons (Fsp3) is 0.690. The minimum absolute atomic E-state index is 0. The van der Waals surface area contributed by atoms with E-state index in [4.69, 9.17) is 9.47 Å². The summed E-state index contributed by atoms with van der Waals surface area (Å²) in [5.41, 5.74) is 0.895. The van der Waals surface area contributed by atoms with Gasteiger partial charge in [0.2, 0.25) is 0 Å². The van der Waals surface area contributed by atoms with Crippen LogP contribution in [0.4, 0.5) is 9.59 Å². The van der Waals surface area contributed by atoms with Crippen molar-refractivity contribution in [3.05, 3.63) is 32.7 Å². The summed E-state index contributed by atoms with van der Waals surface area (Å²) >= 11 is 6.68. The molecule has 2 saturated heterocycles. The summed E-state index contributed by atoms with van der Waals surface area (Å²) in [4.78, 5) is 39.6. The van der Waals surface area contributed by atoms with Crippen LogP contribution in [0.5, 0.6) is 0 Å². The second-order valence-electron chi connectivity index (χ2n) is 12.1. The van der Waals surface area contributed by atoms with Gasteiger partial charge in [-0.2, -0.15) is 10.2 Å². The van der Waals surface area contributed by atoms with E-state index in [2.05, 4.69) is 52.3 Å². The van der Waals surface area contributed by atoms with Crippen molar-refractivity contribution in [2.75, 3.05) is 52.4 Å². The lowest BCUT2D eigenvalue weighted by Gasteiger charge is -2.35. The van der Waals surface area contributed by atoms with Gasteiger partial charge in [0.15, 0.2) is 6.29 Å². The fourth-order valence-corrected chi connectivity index (χ4v) is 4.88. The highest BCUT2D eigenvalue weighted by molar-refractivity contribution is 9.10. The Balaban J connectivity index is 0.000000359. The third-order valence-electron chi connectivity index (χ3n) is 6.23. The van der Waals surface area contributed by atoms with Gasteiger partial charge in [-0.3, -0.25) is 19.1 Å². The average molecular weight is 751 g/mol. The Morgan fingerprint density at radius 1 is 0.818 bits per heavy atom. The molecular weight excluding hydrogens is 700 g/mol. The number of nitrogens with one attached hydrogen (secondary N) is 1. The van der Waals surface area contributed by atoms with Crippen molar-refractivity contribution >= 4 is 50.3 Å². The third kappa shape index (κ3) is 13.7.